The van der Waals surface area contributed by atoms with Crippen molar-refractivity contribution in [1.82, 2.24) is 23.7 Å². The number of amides is 1. The molecule has 0 saturated heterocycles. The zero-order valence-electron chi connectivity index (χ0n) is 20.4. The van der Waals surface area contributed by atoms with Gasteiger partial charge in [-0.1, -0.05) is 66.7 Å². The van der Waals surface area contributed by atoms with Crippen molar-refractivity contribution < 1.29 is 4.79 Å². The highest BCUT2D eigenvalue weighted by Crippen LogP contribution is 2.33. The molecule has 1 aliphatic heterocycles. The van der Waals surface area contributed by atoms with Crippen molar-refractivity contribution in [2.24, 2.45) is 19.2 Å². The zero-order valence-corrected chi connectivity index (χ0v) is 20.4. The molecular weight excluding hydrogens is 468 g/mol. The lowest BCUT2D eigenvalue weighted by Gasteiger charge is -2.22. The van der Waals surface area contributed by atoms with Gasteiger partial charge in [-0.25, -0.2) is 14.8 Å². The average Bonchev–Trinajstić information content (AvgIpc) is 3.56. The number of aryl methyl sites for hydroxylation is 1. The minimum Gasteiger partial charge on any atom is -0.315 e. The maximum Gasteiger partial charge on any atom is 0.332 e. The van der Waals surface area contributed by atoms with Crippen molar-refractivity contribution in [2.75, 3.05) is 0 Å². The van der Waals surface area contributed by atoms with Gasteiger partial charge >= 0.3 is 5.69 Å². The summed E-state index contributed by atoms with van der Waals surface area (Å²) >= 11 is 0. The molecule has 0 fully saturated rings. The summed E-state index contributed by atoms with van der Waals surface area (Å²) in [5.74, 6) is -0.278. The molecule has 184 valence electrons. The van der Waals surface area contributed by atoms with E-state index >= 15 is 0 Å². The van der Waals surface area contributed by atoms with Crippen molar-refractivity contribution in [3.8, 4) is 0 Å². The number of aromatic nitrogens is 4. The van der Waals surface area contributed by atoms with Crippen LogP contribution in [0.2, 0.25) is 0 Å². The Labute approximate surface area is 211 Å². The highest BCUT2D eigenvalue weighted by molar-refractivity contribution is 6.05. The number of hydrazone groups is 1. The predicted molar refractivity (Wildman–Crippen MR) is 141 cm³/mol. The van der Waals surface area contributed by atoms with Gasteiger partial charge in [0.2, 0.25) is 0 Å². The van der Waals surface area contributed by atoms with Crippen LogP contribution >= 0.6 is 0 Å². The molecule has 0 spiro atoms. The van der Waals surface area contributed by atoms with Crippen LogP contribution in [0.15, 0.2) is 93.8 Å². The van der Waals surface area contributed by atoms with Crippen molar-refractivity contribution >= 4 is 33.6 Å². The third-order valence-corrected chi connectivity index (χ3v) is 6.96. The fourth-order valence-corrected chi connectivity index (χ4v) is 4.95. The first-order chi connectivity index (χ1) is 17.9. The van der Waals surface area contributed by atoms with Crippen molar-refractivity contribution in [3.05, 3.63) is 111 Å². The average molecular weight is 493 g/mol. The van der Waals surface area contributed by atoms with Crippen LogP contribution in [0.4, 0.5) is 0 Å². The molecule has 5 aromatic rings. The first kappa shape index (κ1) is 22.7. The van der Waals surface area contributed by atoms with Gasteiger partial charge in [-0.05, 0) is 28.0 Å². The minimum absolute atomic E-state index is 0.137. The van der Waals surface area contributed by atoms with Crippen LogP contribution in [-0.4, -0.2) is 35.3 Å². The molecule has 0 unspecified atom stereocenters. The number of carbonyl (C=O) groups is 1. The molecule has 0 aliphatic carbocycles. The van der Waals surface area contributed by atoms with E-state index in [-0.39, 0.29) is 29.7 Å². The van der Waals surface area contributed by atoms with Gasteiger partial charge < -0.3 is 4.57 Å². The molecule has 3 aromatic carbocycles. The smallest absolute Gasteiger partial charge is 0.315 e. The summed E-state index contributed by atoms with van der Waals surface area (Å²) in [5, 5.41) is 8.54. The van der Waals surface area contributed by atoms with Crippen LogP contribution in [0, 0.1) is 0 Å². The van der Waals surface area contributed by atoms with E-state index in [1.54, 1.807) is 7.05 Å². The number of nitrogens with zero attached hydrogens (tertiary/aromatic N) is 6. The second kappa shape index (κ2) is 8.70. The highest BCUT2D eigenvalue weighted by atomic mass is 16.2. The Morgan fingerprint density at radius 1 is 0.919 bits per heavy atom. The van der Waals surface area contributed by atoms with Crippen LogP contribution in [-0.2, 0) is 25.4 Å². The molecule has 1 amide bonds. The van der Waals surface area contributed by atoms with Crippen LogP contribution in [0.25, 0.3) is 21.9 Å². The lowest BCUT2D eigenvalue weighted by Crippen LogP contribution is -2.38. The Hall–Kier alpha value is -4.79. The van der Waals surface area contributed by atoms with E-state index in [1.165, 1.54) is 27.5 Å². The van der Waals surface area contributed by atoms with Crippen molar-refractivity contribution in [1.29, 1.82) is 0 Å². The second-order valence-corrected chi connectivity index (χ2v) is 9.23. The number of hydrogen-bond donors (Lipinski definition) is 0. The molecule has 0 bridgehead atoms. The topological polar surface area (TPSA) is 94.5 Å². The minimum atomic E-state index is -0.496. The molecule has 1 aliphatic rings. The number of benzene rings is 3. The Balaban J connectivity index is 1.40. The monoisotopic (exact) mass is 492 g/mol. The lowest BCUT2D eigenvalue weighted by atomic mass is 9.97. The molecule has 2 aromatic heterocycles. The van der Waals surface area contributed by atoms with Gasteiger partial charge in [-0.3, -0.25) is 18.7 Å². The molecule has 1 atom stereocenters. The van der Waals surface area contributed by atoms with E-state index in [4.69, 9.17) is 5.10 Å². The summed E-state index contributed by atoms with van der Waals surface area (Å²) in [4.78, 5) is 43.0. The molecule has 37 heavy (non-hydrogen) atoms. The Bertz CT molecular complexity index is 1830. The van der Waals surface area contributed by atoms with Gasteiger partial charge in [0, 0.05) is 20.5 Å². The number of hydrogen-bond acceptors (Lipinski definition) is 5. The van der Waals surface area contributed by atoms with Gasteiger partial charge in [-0.2, -0.15) is 5.10 Å². The summed E-state index contributed by atoms with van der Waals surface area (Å²) in [5.41, 5.74) is 2.24. The van der Waals surface area contributed by atoms with E-state index in [1.807, 2.05) is 48.5 Å². The number of fused-ring (bicyclic) bond motifs is 2. The van der Waals surface area contributed by atoms with E-state index in [9.17, 15) is 14.4 Å². The summed E-state index contributed by atoms with van der Waals surface area (Å²) in [7, 11) is 2.96. The molecule has 9 heteroatoms. The fraction of sp³-hybridized carbons (Fsp3) is 0.179. The Kier molecular flexibility index (Phi) is 5.33. The normalized spacial score (nSPS) is 15.5. The number of carbonyl (C=O) groups excluding carboxylic acids is 1. The van der Waals surface area contributed by atoms with Crippen LogP contribution in [0.1, 0.15) is 23.6 Å². The Morgan fingerprint density at radius 3 is 2.43 bits per heavy atom. The molecule has 0 saturated carbocycles. The second-order valence-electron chi connectivity index (χ2n) is 9.23. The van der Waals surface area contributed by atoms with Crippen LogP contribution in [0.3, 0.4) is 0 Å². The van der Waals surface area contributed by atoms with Crippen molar-refractivity contribution in [3.63, 3.8) is 0 Å². The quantitative estimate of drug-likeness (QED) is 0.386. The maximum atomic E-state index is 13.7. The first-order valence-corrected chi connectivity index (χ1v) is 12.0. The van der Waals surface area contributed by atoms with Crippen LogP contribution in [0.5, 0.6) is 0 Å². The molecule has 6 rings (SSSR count). The van der Waals surface area contributed by atoms with Gasteiger partial charge in [0.25, 0.3) is 11.5 Å². The largest absolute Gasteiger partial charge is 0.332 e. The fourth-order valence-electron chi connectivity index (χ4n) is 4.95. The Morgan fingerprint density at radius 2 is 1.65 bits per heavy atom. The summed E-state index contributed by atoms with van der Waals surface area (Å²) < 4.78 is 3.81. The van der Waals surface area contributed by atoms with E-state index in [0.29, 0.717) is 6.42 Å². The molecule has 0 radical (unpaired) electrons. The predicted octanol–water partition coefficient (Wildman–Crippen LogP) is 2.96. The maximum absolute atomic E-state index is 13.7. The zero-order chi connectivity index (χ0) is 25.7. The molecular formula is C28H24N6O3. The van der Waals surface area contributed by atoms with Gasteiger partial charge in [0.1, 0.15) is 6.54 Å². The third-order valence-electron chi connectivity index (χ3n) is 6.96. The van der Waals surface area contributed by atoms with Crippen LogP contribution < -0.4 is 11.2 Å². The van der Waals surface area contributed by atoms with E-state index in [2.05, 4.69) is 29.2 Å². The third kappa shape index (κ3) is 3.76. The van der Waals surface area contributed by atoms with Gasteiger partial charge in [0.15, 0.2) is 11.2 Å². The lowest BCUT2D eigenvalue weighted by molar-refractivity contribution is -0.133. The summed E-state index contributed by atoms with van der Waals surface area (Å²) in [6.45, 7) is -0.137. The molecule has 9 nitrogen and oxygen atoms in total. The highest BCUT2D eigenvalue weighted by Gasteiger charge is 2.33. The van der Waals surface area contributed by atoms with E-state index in [0.717, 1.165) is 32.2 Å². The van der Waals surface area contributed by atoms with Gasteiger partial charge in [0.05, 0.1) is 18.1 Å². The molecule has 3 heterocycles. The first-order valence-electron chi connectivity index (χ1n) is 12.0. The summed E-state index contributed by atoms with van der Waals surface area (Å²) in [6, 6.07) is 23.8. The van der Waals surface area contributed by atoms with Gasteiger partial charge in [-0.15, -0.1) is 0 Å². The standard InChI is InChI=1S/C28H24N6O3/c1-31-26-25(27(36)32(2)28(31)37)33(17-29-26)16-24(35)34-23(19-9-4-3-5-10-19)15-22(30-34)21-13-12-18-8-6-7-11-20(18)14-21/h3-14,17,23H,15-16H2,1-2H3/t23-/m1/s1. The van der Waals surface area contributed by atoms with E-state index < -0.39 is 11.2 Å². The number of rotatable bonds is 4. The SMILES string of the molecule is Cn1c(=O)c2c(ncn2CC(=O)N2N=C(c3ccc4ccccc4c3)C[C@@H]2c2ccccc2)n(C)c1=O. The summed E-state index contributed by atoms with van der Waals surface area (Å²) in [6.07, 6.45) is 1.99. The number of imidazole rings is 1. The van der Waals surface area contributed by atoms with Crippen molar-refractivity contribution in [2.45, 2.75) is 19.0 Å². The molecule has 0 N–H and O–H groups in total.